The van der Waals surface area contributed by atoms with E-state index in [1.165, 1.54) is 16.0 Å². The number of rotatable bonds is 3. The predicted molar refractivity (Wildman–Crippen MR) is 92.6 cm³/mol. The largest absolute Gasteiger partial charge is 0.325 e. The van der Waals surface area contributed by atoms with E-state index in [9.17, 15) is 4.79 Å². The summed E-state index contributed by atoms with van der Waals surface area (Å²) < 4.78 is 0. The molecule has 1 aromatic heterocycles. The van der Waals surface area contributed by atoms with Gasteiger partial charge in [-0.15, -0.1) is 11.3 Å². The minimum atomic E-state index is -0.457. The Bertz CT molecular complexity index is 705. The zero-order valence-corrected chi connectivity index (χ0v) is 14.8. The molecule has 1 N–H and O–H groups in total. The van der Waals surface area contributed by atoms with E-state index in [1.54, 1.807) is 11.3 Å². The van der Waals surface area contributed by atoms with Gasteiger partial charge in [0.1, 0.15) is 0 Å². The molecule has 2 nitrogen and oxygen atoms in total. The third-order valence-corrected chi connectivity index (χ3v) is 6.53. The third-order valence-electron chi connectivity index (χ3n) is 4.22. The van der Waals surface area contributed by atoms with Gasteiger partial charge < -0.3 is 5.32 Å². The first-order valence-corrected chi connectivity index (χ1v) is 8.91. The van der Waals surface area contributed by atoms with Crippen LogP contribution in [0.4, 0.5) is 5.69 Å². The number of alkyl halides is 1. The highest BCUT2D eigenvalue weighted by Gasteiger charge is 2.38. The van der Waals surface area contributed by atoms with Crippen LogP contribution in [0.25, 0.3) is 0 Å². The predicted octanol–water partition coefficient (Wildman–Crippen LogP) is 5.02. The van der Waals surface area contributed by atoms with Crippen molar-refractivity contribution >= 4 is 38.9 Å². The highest BCUT2D eigenvalue weighted by Crippen LogP contribution is 2.42. The number of carbonyl (C=O) groups is 1. The van der Waals surface area contributed by atoms with E-state index in [1.807, 2.05) is 19.9 Å². The van der Waals surface area contributed by atoms with E-state index in [2.05, 4.69) is 51.7 Å². The SMILES string of the molecule is CCc1ccsc1C(Br)c1ccc2c(c1)C(C)(C)C(=O)N2. The van der Waals surface area contributed by atoms with Crippen LogP contribution in [0, 0.1) is 0 Å². The van der Waals surface area contributed by atoms with E-state index in [0.29, 0.717) is 0 Å². The zero-order chi connectivity index (χ0) is 15.2. The molecule has 110 valence electrons. The van der Waals surface area contributed by atoms with Gasteiger partial charge in [0.2, 0.25) is 5.91 Å². The molecule has 0 saturated carbocycles. The van der Waals surface area contributed by atoms with Gasteiger partial charge in [0.15, 0.2) is 0 Å². The van der Waals surface area contributed by atoms with Crippen molar-refractivity contribution in [3.8, 4) is 0 Å². The first-order valence-electron chi connectivity index (χ1n) is 7.11. The van der Waals surface area contributed by atoms with Gasteiger partial charge in [-0.2, -0.15) is 0 Å². The molecule has 2 heterocycles. The van der Waals surface area contributed by atoms with Gasteiger partial charge >= 0.3 is 0 Å². The highest BCUT2D eigenvalue weighted by molar-refractivity contribution is 9.09. The molecule has 0 aliphatic carbocycles. The van der Waals surface area contributed by atoms with E-state index in [-0.39, 0.29) is 10.7 Å². The fourth-order valence-corrected chi connectivity index (χ4v) is 4.66. The Kier molecular flexibility index (Phi) is 3.70. The summed E-state index contributed by atoms with van der Waals surface area (Å²) in [4.78, 5) is 13.6. The Morgan fingerprint density at radius 1 is 1.33 bits per heavy atom. The Hall–Kier alpha value is -1.13. The van der Waals surface area contributed by atoms with Crippen molar-refractivity contribution in [2.45, 2.75) is 37.4 Å². The van der Waals surface area contributed by atoms with Crippen LogP contribution in [-0.2, 0) is 16.6 Å². The molecule has 1 aliphatic rings. The number of aryl methyl sites for hydroxylation is 1. The molecule has 1 unspecified atom stereocenters. The summed E-state index contributed by atoms with van der Waals surface area (Å²) in [5, 5.41) is 5.10. The fourth-order valence-electron chi connectivity index (χ4n) is 2.76. The Labute approximate surface area is 137 Å². The fraction of sp³-hybridized carbons (Fsp3) is 0.353. The topological polar surface area (TPSA) is 29.1 Å². The van der Waals surface area contributed by atoms with Crippen LogP contribution >= 0.6 is 27.3 Å². The number of hydrogen-bond acceptors (Lipinski definition) is 2. The van der Waals surface area contributed by atoms with Crippen molar-refractivity contribution in [2.24, 2.45) is 0 Å². The molecule has 0 spiro atoms. The van der Waals surface area contributed by atoms with Gasteiger partial charge in [0.25, 0.3) is 0 Å². The van der Waals surface area contributed by atoms with Gasteiger partial charge in [-0.3, -0.25) is 4.79 Å². The van der Waals surface area contributed by atoms with Crippen LogP contribution in [0.15, 0.2) is 29.6 Å². The number of carbonyl (C=O) groups excluding carboxylic acids is 1. The molecule has 1 aliphatic heterocycles. The van der Waals surface area contributed by atoms with Gasteiger partial charge in [0, 0.05) is 10.6 Å². The van der Waals surface area contributed by atoms with Gasteiger partial charge in [-0.25, -0.2) is 0 Å². The standard InChI is InChI=1S/C17H18BrNOS/c1-4-10-7-8-21-15(10)14(18)11-5-6-13-12(9-11)17(2,3)16(20)19-13/h5-9,14H,4H2,1-3H3,(H,19,20). The molecule has 0 fully saturated rings. The lowest BCUT2D eigenvalue weighted by Crippen LogP contribution is -2.26. The van der Waals surface area contributed by atoms with Crippen molar-refractivity contribution in [1.29, 1.82) is 0 Å². The van der Waals surface area contributed by atoms with Crippen LogP contribution in [-0.4, -0.2) is 5.91 Å². The van der Waals surface area contributed by atoms with E-state index in [4.69, 9.17) is 0 Å². The molecule has 1 aromatic carbocycles. The van der Waals surface area contributed by atoms with Crippen LogP contribution in [0.2, 0.25) is 0 Å². The molecule has 0 bridgehead atoms. The molecular weight excluding hydrogens is 346 g/mol. The number of nitrogens with one attached hydrogen (secondary N) is 1. The van der Waals surface area contributed by atoms with Crippen LogP contribution in [0.3, 0.4) is 0 Å². The summed E-state index contributed by atoms with van der Waals surface area (Å²) in [6.07, 6.45) is 1.04. The second-order valence-electron chi connectivity index (χ2n) is 5.91. The second kappa shape index (κ2) is 5.25. The summed E-state index contributed by atoms with van der Waals surface area (Å²) in [7, 11) is 0. The Balaban J connectivity index is 2.02. The summed E-state index contributed by atoms with van der Waals surface area (Å²) in [5.74, 6) is 0.0751. The van der Waals surface area contributed by atoms with E-state index >= 15 is 0 Å². The van der Waals surface area contributed by atoms with Crippen molar-refractivity contribution in [1.82, 2.24) is 0 Å². The van der Waals surface area contributed by atoms with Gasteiger partial charge in [0.05, 0.1) is 10.2 Å². The number of thiophene rings is 1. The maximum absolute atomic E-state index is 12.0. The molecule has 2 aromatic rings. The first kappa shape index (κ1) is 14.8. The number of hydrogen-bond donors (Lipinski definition) is 1. The Morgan fingerprint density at radius 2 is 2.10 bits per heavy atom. The summed E-state index contributed by atoms with van der Waals surface area (Å²) in [6, 6.07) is 8.46. The van der Waals surface area contributed by atoms with Gasteiger partial charge in [-0.1, -0.05) is 35.0 Å². The summed E-state index contributed by atoms with van der Waals surface area (Å²) in [5.41, 5.74) is 4.16. The molecule has 4 heteroatoms. The smallest absolute Gasteiger partial charge is 0.234 e. The van der Waals surface area contributed by atoms with E-state index in [0.717, 1.165) is 17.7 Å². The summed E-state index contributed by atoms with van der Waals surface area (Å²) >= 11 is 5.61. The third kappa shape index (κ3) is 2.34. The van der Waals surface area contributed by atoms with E-state index < -0.39 is 5.41 Å². The quantitative estimate of drug-likeness (QED) is 0.761. The lowest BCUT2D eigenvalue weighted by molar-refractivity contribution is -0.119. The van der Waals surface area contributed by atoms with Crippen LogP contribution in [0.1, 0.15) is 47.2 Å². The Morgan fingerprint density at radius 3 is 2.81 bits per heavy atom. The van der Waals surface area contributed by atoms with Crippen LogP contribution < -0.4 is 5.32 Å². The normalized spacial score (nSPS) is 17.4. The number of benzene rings is 1. The molecule has 1 amide bonds. The molecule has 21 heavy (non-hydrogen) atoms. The number of fused-ring (bicyclic) bond motifs is 1. The van der Waals surface area contributed by atoms with Crippen molar-refractivity contribution in [2.75, 3.05) is 5.32 Å². The molecule has 0 radical (unpaired) electrons. The highest BCUT2D eigenvalue weighted by atomic mass is 79.9. The summed E-state index contributed by atoms with van der Waals surface area (Å²) in [6.45, 7) is 6.13. The number of halogens is 1. The van der Waals surface area contributed by atoms with Gasteiger partial charge in [-0.05, 0) is 54.5 Å². The first-order chi connectivity index (χ1) is 9.95. The zero-order valence-electron chi connectivity index (χ0n) is 12.4. The van der Waals surface area contributed by atoms with Crippen molar-refractivity contribution < 1.29 is 4.79 Å². The number of anilines is 1. The minimum Gasteiger partial charge on any atom is -0.325 e. The minimum absolute atomic E-state index is 0.0751. The lowest BCUT2D eigenvalue weighted by Gasteiger charge is -2.17. The molecule has 0 saturated heterocycles. The second-order valence-corrected chi connectivity index (χ2v) is 7.77. The maximum atomic E-state index is 12.0. The molecule has 1 atom stereocenters. The monoisotopic (exact) mass is 363 g/mol. The molecule has 3 rings (SSSR count). The van der Waals surface area contributed by atoms with Crippen molar-refractivity contribution in [3.05, 3.63) is 51.2 Å². The average molecular weight is 364 g/mol. The van der Waals surface area contributed by atoms with Crippen molar-refractivity contribution in [3.63, 3.8) is 0 Å². The number of amides is 1. The van der Waals surface area contributed by atoms with Crippen LogP contribution in [0.5, 0.6) is 0 Å². The average Bonchev–Trinajstić information content (AvgIpc) is 3.02. The lowest BCUT2D eigenvalue weighted by atomic mass is 9.85. The molecular formula is C17H18BrNOS. The maximum Gasteiger partial charge on any atom is 0.234 e.